The van der Waals surface area contributed by atoms with Crippen LogP contribution in [0.4, 0.5) is 0 Å². The number of nitriles is 1. The Balaban J connectivity index is 2.03. The average Bonchev–Trinajstić information content (AvgIpc) is 2.59. The van der Waals surface area contributed by atoms with Crippen LogP contribution in [-0.2, 0) is 6.42 Å². The van der Waals surface area contributed by atoms with E-state index in [1.807, 2.05) is 31.2 Å². The van der Waals surface area contributed by atoms with E-state index in [0.29, 0.717) is 6.42 Å². The molecule has 3 aromatic carbocycles. The minimum Gasteiger partial charge on any atom is -0.496 e. The van der Waals surface area contributed by atoms with Gasteiger partial charge in [0.2, 0.25) is 0 Å². The largest absolute Gasteiger partial charge is 0.496 e. The molecule has 2 nitrogen and oxygen atoms in total. The second kappa shape index (κ2) is 6.54. The lowest BCUT2D eigenvalue weighted by molar-refractivity contribution is 0.408. The fraction of sp³-hybridized carbons (Fsp3) is 0.190. The summed E-state index contributed by atoms with van der Waals surface area (Å²) >= 11 is 0. The highest BCUT2D eigenvalue weighted by atomic mass is 16.5. The molecular weight excluding hydrogens is 282 g/mol. The summed E-state index contributed by atoms with van der Waals surface area (Å²) in [6.45, 7) is 2.04. The van der Waals surface area contributed by atoms with Crippen molar-refractivity contribution in [2.24, 2.45) is 0 Å². The van der Waals surface area contributed by atoms with Crippen molar-refractivity contribution in [3.05, 3.63) is 77.4 Å². The van der Waals surface area contributed by atoms with Crippen LogP contribution in [0, 0.1) is 18.3 Å². The van der Waals surface area contributed by atoms with Crippen LogP contribution >= 0.6 is 0 Å². The minimum absolute atomic E-state index is 0.226. The molecule has 0 heterocycles. The van der Waals surface area contributed by atoms with Crippen molar-refractivity contribution in [3.8, 4) is 11.8 Å². The summed E-state index contributed by atoms with van der Waals surface area (Å²) in [5.41, 5.74) is 3.29. The smallest absolute Gasteiger partial charge is 0.123 e. The number of hydrogen-bond acceptors (Lipinski definition) is 2. The molecule has 1 unspecified atom stereocenters. The summed E-state index contributed by atoms with van der Waals surface area (Å²) in [6.07, 6.45) is 0.678. The summed E-state index contributed by atoms with van der Waals surface area (Å²) in [5, 5.41) is 12.1. The van der Waals surface area contributed by atoms with Crippen LogP contribution in [0.3, 0.4) is 0 Å². The molecule has 23 heavy (non-hydrogen) atoms. The van der Waals surface area contributed by atoms with Gasteiger partial charge in [-0.05, 0) is 35.7 Å². The lowest BCUT2D eigenvalue weighted by atomic mass is 9.89. The van der Waals surface area contributed by atoms with Crippen LogP contribution in [0.25, 0.3) is 10.8 Å². The first-order chi connectivity index (χ1) is 11.2. The van der Waals surface area contributed by atoms with Crippen LogP contribution in [0.5, 0.6) is 5.75 Å². The number of fused-ring (bicyclic) bond motifs is 1. The topological polar surface area (TPSA) is 33.0 Å². The SMILES string of the molecule is COc1ccc(C)cc1C(C#N)Cc1cccc2ccccc12. The zero-order valence-electron chi connectivity index (χ0n) is 13.4. The molecule has 0 radical (unpaired) electrons. The van der Waals surface area contributed by atoms with Crippen molar-refractivity contribution in [1.82, 2.24) is 0 Å². The molecule has 3 aromatic rings. The summed E-state index contributed by atoms with van der Waals surface area (Å²) in [5.74, 6) is 0.554. The minimum atomic E-state index is -0.226. The predicted octanol–water partition coefficient (Wildman–Crippen LogP) is 5.01. The molecule has 0 N–H and O–H groups in total. The first kappa shape index (κ1) is 15.1. The molecule has 114 valence electrons. The van der Waals surface area contributed by atoms with Crippen molar-refractivity contribution in [2.75, 3.05) is 7.11 Å². The second-order valence-electron chi connectivity index (χ2n) is 5.77. The highest BCUT2D eigenvalue weighted by molar-refractivity contribution is 5.85. The van der Waals surface area contributed by atoms with Gasteiger partial charge in [0.15, 0.2) is 0 Å². The maximum Gasteiger partial charge on any atom is 0.123 e. The average molecular weight is 301 g/mol. The van der Waals surface area contributed by atoms with Crippen molar-refractivity contribution >= 4 is 10.8 Å². The zero-order valence-corrected chi connectivity index (χ0v) is 13.4. The fourth-order valence-electron chi connectivity index (χ4n) is 3.04. The number of nitrogens with zero attached hydrogens (tertiary/aromatic N) is 1. The number of methoxy groups -OCH3 is 1. The third kappa shape index (κ3) is 3.05. The molecule has 0 spiro atoms. The van der Waals surface area contributed by atoms with E-state index in [4.69, 9.17) is 4.74 Å². The van der Waals surface area contributed by atoms with Gasteiger partial charge in [0.25, 0.3) is 0 Å². The number of hydrogen-bond donors (Lipinski definition) is 0. The second-order valence-corrected chi connectivity index (χ2v) is 5.77. The first-order valence-electron chi connectivity index (χ1n) is 7.73. The zero-order chi connectivity index (χ0) is 16.2. The summed E-state index contributed by atoms with van der Waals surface area (Å²) < 4.78 is 5.46. The van der Waals surface area contributed by atoms with Gasteiger partial charge in [-0.2, -0.15) is 5.26 Å². The molecule has 0 aliphatic heterocycles. The number of aryl methyl sites for hydroxylation is 1. The Labute approximate surface area is 137 Å². The van der Waals surface area contributed by atoms with Gasteiger partial charge in [0.05, 0.1) is 19.1 Å². The van der Waals surface area contributed by atoms with Crippen molar-refractivity contribution in [2.45, 2.75) is 19.3 Å². The summed E-state index contributed by atoms with van der Waals surface area (Å²) in [4.78, 5) is 0. The van der Waals surface area contributed by atoms with Gasteiger partial charge in [-0.15, -0.1) is 0 Å². The quantitative estimate of drug-likeness (QED) is 0.679. The fourth-order valence-corrected chi connectivity index (χ4v) is 3.04. The maximum absolute atomic E-state index is 9.72. The normalized spacial score (nSPS) is 11.9. The Morgan fingerprint density at radius 3 is 2.61 bits per heavy atom. The van der Waals surface area contributed by atoms with Crippen molar-refractivity contribution in [1.29, 1.82) is 5.26 Å². The van der Waals surface area contributed by atoms with Crippen LogP contribution in [0.2, 0.25) is 0 Å². The van der Waals surface area contributed by atoms with Gasteiger partial charge in [-0.25, -0.2) is 0 Å². The number of ether oxygens (including phenoxy) is 1. The van der Waals surface area contributed by atoms with E-state index in [9.17, 15) is 5.26 Å². The monoisotopic (exact) mass is 301 g/mol. The van der Waals surface area contributed by atoms with Crippen LogP contribution in [-0.4, -0.2) is 7.11 Å². The summed E-state index contributed by atoms with van der Waals surface area (Å²) in [7, 11) is 1.65. The molecule has 0 amide bonds. The van der Waals surface area contributed by atoms with Gasteiger partial charge in [-0.1, -0.05) is 60.2 Å². The Hall–Kier alpha value is -2.79. The highest BCUT2D eigenvalue weighted by Gasteiger charge is 2.17. The maximum atomic E-state index is 9.72. The summed E-state index contributed by atoms with van der Waals surface area (Å²) in [6, 6.07) is 23.0. The molecule has 0 saturated carbocycles. The standard InChI is InChI=1S/C21H19NO/c1-15-10-11-21(23-2)20(12-15)18(14-22)13-17-8-5-7-16-6-3-4-9-19(16)17/h3-12,18H,13H2,1-2H3. The van der Waals surface area contributed by atoms with E-state index in [2.05, 4.69) is 42.5 Å². The molecule has 0 fully saturated rings. The molecule has 0 saturated heterocycles. The molecule has 3 rings (SSSR count). The van der Waals surface area contributed by atoms with Crippen LogP contribution < -0.4 is 4.74 Å². The van der Waals surface area contributed by atoms with Crippen LogP contribution in [0.15, 0.2) is 60.7 Å². The molecule has 0 aliphatic carbocycles. The highest BCUT2D eigenvalue weighted by Crippen LogP contribution is 2.31. The van der Waals surface area contributed by atoms with Crippen molar-refractivity contribution in [3.63, 3.8) is 0 Å². The Morgan fingerprint density at radius 1 is 1.04 bits per heavy atom. The molecule has 2 heteroatoms. The van der Waals surface area contributed by atoms with Gasteiger partial charge in [-0.3, -0.25) is 0 Å². The van der Waals surface area contributed by atoms with E-state index in [1.54, 1.807) is 7.11 Å². The van der Waals surface area contributed by atoms with E-state index in [1.165, 1.54) is 16.3 Å². The number of rotatable bonds is 4. The lowest BCUT2D eigenvalue weighted by Gasteiger charge is -2.16. The van der Waals surface area contributed by atoms with Crippen molar-refractivity contribution < 1.29 is 4.74 Å². The van der Waals surface area contributed by atoms with Gasteiger partial charge >= 0.3 is 0 Å². The molecule has 0 aromatic heterocycles. The molecule has 0 aliphatic rings. The van der Waals surface area contributed by atoms with Gasteiger partial charge in [0, 0.05) is 5.56 Å². The van der Waals surface area contributed by atoms with E-state index >= 15 is 0 Å². The van der Waals surface area contributed by atoms with Gasteiger partial charge < -0.3 is 4.74 Å². The predicted molar refractivity (Wildman–Crippen MR) is 93.7 cm³/mol. The molecule has 0 bridgehead atoms. The Bertz CT molecular complexity index is 871. The van der Waals surface area contributed by atoms with E-state index < -0.39 is 0 Å². The van der Waals surface area contributed by atoms with E-state index in [-0.39, 0.29) is 5.92 Å². The van der Waals surface area contributed by atoms with Crippen LogP contribution in [0.1, 0.15) is 22.6 Å². The Morgan fingerprint density at radius 2 is 1.83 bits per heavy atom. The number of benzene rings is 3. The first-order valence-corrected chi connectivity index (χ1v) is 7.73. The van der Waals surface area contributed by atoms with E-state index in [0.717, 1.165) is 16.9 Å². The molecule has 1 atom stereocenters. The molecular formula is C21H19NO. The lowest BCUT2D eigenvalue weighted by Crippen LogP contribution is -2.04. The third-order valence-electron chi connectivity index (χ3n) is 4.22. The van der Waals surface area contributed by atoms with Gasteiger partial charge in [0.1, 0.15) is 5.75 Å². The Kier molecular flexibility index (Phi) is 4.30. The third-order valence-corrected chi connectivity index (χ3v) is 4.22.